The van der Waals surface area contributed by atoms with Crippen molar-refractivity contribution in [1.29, 1.82) is 0 Å². The van der Waals surface area contributed by atoms with Gasteiger partial charge in [-0.15, -0.1) is 10.2 Å². The third-order valence-electron chi connectivity index (χ3n) is 6.42. The van der Waals surface area contributed by atoms with Crippen molar-refractivity contribution in [3.05, 3.63) is 58.0 Å². The number of nitrogens with zero attached hydrogens (tertiary/aromatic N) is 2. The molecule has 1 amide bonds. The van der Waals surface area contributed by atoms with Gasteiger partial charge >= 0.3 is 0 Å². The first-order chi connectivity index (χ1) is 17.6. The van der Waals surface area contributed by atoms with E-state index in [-0.39, 0.29) is 36.8 Å². The Morgan fingerprint density at radius 2 is 1.97 bits per heavy atom. The Hall–Kier alpha value is -4.08. The number of aromatic nitrogens is 3. The summed E-state index contributed by atoms with van der Waals surface area (Å²) >= 11 is 0. The lowest BCUT2D eigenvalue weighted by Gasteiger charge is -2.25. The van der Waals surface area contributed by atoms with E-state index < -0.39 is 0 Å². The van der Waals surface area contributed by atoms with Gasteiger partial charge in [-0.3, -0.25) is 9.59 Å². The number of benzene rings is 2. The average molecular weight is 493 g/mol. The zero-order valence-electron chi connectivity index (χ0n) is 20.0. The smallest absolute Gasteiger partial charge is 0.273 e. The van der Waals surface area contributed by atoms with Crippen LogP contribution in [0.3, 0.4) is 0 Å². The van der Waals surface area contributed by atoms with Crippen LogP contribution in [0.5, 0.6) is 23.0 Å². The van der Waals surface area contributed by atoms with Crippen LogP contribution in [0.1, 0.15) is 36.9 Å². The van der Waals surface area contributed by atoms with E-state index in [1.165, 1.54) is 19.3 Å². The second-order valence-corrected chi connectivity index (χ2v) is 8.89. The van der Waals surface area contributed by atoms with E-state index in [4.69, 9.17) is 18.9 Å². The van der Waals surface area contributed by atoms with Crippen molar-refractivity contribution in [2.45, 2.75) is 38.6 Å². The zero-order chi connectivity index (χ0) is 24.9. The summed E-state index contributed by atoms with van der Waals surface area (Å²) in [6.07, 6.45) is 3.95. The highest BCUT2D eigenvalue weighted by atomic mass is 16.7. The molecule has 2 aromatic carbocycles. The summed E-state index contributed by atoms with van der Waals surface area (Å²) in [4.78, 5) is 27.6. The second kappa shape index (κ2) is 10.7. The minimum atomic E-state index is -0.382. The molecule has 10 heteroatoms. The number of methoxy groups -OCH3 is 1. The summed E-state index contributed by atoms with van der Waals surface area (Å²) in [5.74, 6) is 3.31. The summed E-state index contributed by atoms with van der Waals surface area (Å²) in [7, 11) is 1.57. The number of carbonyl (C=O) groups excluding carboxylic acids is 1. The first-order valence-electron chi connectivity index (χ1n) is 12.0. The summed E-state index contributed by atoms with van der Waals surface area (Å²) in [5, 5.41) is 11.1. The fraction of sp³-hybridized carbons (Fsp3) is 0.385. The molecule has 0 unspecified atom stereocenters. The lowest BCUT2D eigenvalue weighted by atomic mass is 9.86. The molecule has 2 heterocycles. The first-order valence-corrected chi connectivity index (χ1v) is 12.0. The summed E-state index contributed by atoms with van der Waals surface area (Å²) in [6, 6.07) is 10.9. The van der Waals surface area contributed by atoms with E-state index in [0.29, 0.717) is 53.5 Å². The van der Waals surface area contributed by atoms with Gasteiger partial charge in [0.25, 0.3) is 5.56 Å². The van der Waals surface area contributed by atoms with E-state index >= 15 is 0 Å². The van der Waals surface area contributed by atoms with Crippen molar-refractivity contribution in [1.82, 2.24) is 20.5 Å². The fourth-order valence-corrected chi connectivity index (χ4v) is 4.03. The molecule has 188 valence electrons. The topological polar surface area (TPSA) is 125 Å². The minimum absolute atomic E-state index is 0.114. The highest BCUT2D eigenvalue weighted by Crippen LogP contribution is 2.34. The normalized spacial score (nSPS) is 14.2. The molecule has 2 N–H and O–H groups in total. The van der Waals surface area contributed by atoms with E-state index in [1.54, 1.807) is 13.2 Å². The largest absolute Gasteiger partial charge is 0.493 e. The predicted molar refractivity (Wildman–Crippen MR) is 130 cm³/mol. The Morgan fingerprint density at radius 3 is 2.75 bits per heavy atom. The standard InChI is InChI=1S/C26H28N4O6/c1-33-22-12-18(6-9-20(22)34-14-16-3-2-4-16)25-28-26(32)19(29-30-25)7-10-24(31)27-13-17-5-8-21-23(11-17)36-15-35-21/h5-6,8-9,11-12,16H,2-4,7,10,13-15H2,1H3,(H,27,31)(H,28,30,32). The maximum absolute atomic E-state index is 12.6. The van der Waals surface area contributed by atoms with Crippen LogP contribution >= 0.6 is 0 Å². The van der Waals surface area contributed by atoms with Crippen LogP contribution < -0.4 is 29.8 Å². The van der Waals surface area contributed by atoms with Crippen LogP contribution in [-0.2, 0) is 17.8 Å². The van der Waals surface area contributed by atoms with Crippen LogP contribution in [0.4, 0.5) is 0 Å². The number of amides is 1. The highest BCUT2D eigenvalue weighted by Gasteiger charge is 2.19. The van der Waals surface area contributed by atoms with Crippen molar-refractivity contribution in [2.24, 2.45) is 5.92 Å². The van der Waals surface area contributed by atoms with Gasteiger partial charge < -0.3 is 29.2 Å². The molecule has 2 aliphatic rings. The molecule has 1 aliphatic heterocycles. The third kappa shape index (κ3) is 5.42. The van der Waals surface area contributed by atoms with Crippen molar-refractivity contribution >= 4 is 5.91 Å². The third-order valence-corrected chi connectivity index (χ3v) is 6.42. The number of carbonyl (C=O) groups is 1. The molecule has 1 saturated carbocycles. The number of hydrogen-bond acceptors (Lipinski definition) is 8. The molecule has 0 radical (unpaired) electrons. The Morgan fingerprint density at radius 1 is 1.11 bits per heavy atom. The fourth-order valence-electron chi connectivity index (χ4n) is 4.03. The number of aromatic amines is 1. The summed E-state index contributed by atoms with van der Waals surface area (Å²) in [6.45, 7) is 1.22. The number of ether oxygens (including phenoxy) is 4. The summed E-state index contributed by atoms with van der Waals surface area (Å²) < 4.78 is 22.0. The molecule has 1 aliphatic carbocycles. The van der Waals surface area contributed by atoms with Gasteiger partial charge in [0.15, 0.2) is 28.8 Å². The SMILES string of the molecule is COc1cc(-c2nnc(CCC(=O)NCc3ccc4c(c3)OCO4)c(=O)[nH]2)ccc1OCC1CCC1. The van der Waals surface area contributed by atoms with Crippen molar-refractivity contribution in [3.8, 4) is 34.4 Å². The van der Waals surface area contributed by atoms with E-state index in [9.17, 15) is 9.59 Å². The Labute approximate surface area is 208 Å². The number of aryl methyl sites for hydroxylation is 1. The van der Waals surface area contributed by atoms with Gasteiger partial charge in [-0.2, -0.15) is 0 Å². The minimum Gasteiger partial charge on any atom is -0.493 e. The summed E-state index contributed by atoms with van der Waals surface area (Å²) in [5.41, 5.74) is 1.36. The molecule has 0 atom stereocenters. The van der Waals surface area contributed by atoms with Crippen molar-refractivity contribution in [2.75, 3.05) is 20.5 Å². The quantitative estimate of drug-likeness (QED) is 0.443. The maximum atomic E-state index is 12.6. The Bertz CT molecular complexity index is 1300. The van der Waals surface area contributed by atoms with Gasteiger partial charge in [-0.1, -0.05) is 12.5 Å². The van der Waals surface area contributed by atoms with E-state index in [0.717, 1.165) is 5.56 Å². The van der Waals surface area contributed by atoms with Gasteiger partial charge in [0.05, 0.1) is 13.7 Å². The molecule has 0 spiro atoms. The van der Waals surface area contributed by atoms with Gasteiger partial charge in [0, 0.05) is 24.9 Å². The molecule has 0 bridgehead atoms. The highest BCUT2D eigenvalue weighted by molar-refractivity contribution is 5.76. The van der Waals surface area contributed by atoms with Crippen LogP contribution in [-0.4, -0.2) is 41.6 Å². The maximum Gasteiger partial charge on any atom is 0.273 e. The molecule has 5 rings (SSSR count). The van der Waals surface area contributed by atoms with Crippen LogP contribution in [0.25, 0.3) is 11.4 Å². The van der Waals surface area contributed by atoms with Gasteiger partial charge in [0.1, 0.15) is 5.69 Å². The average Bonchev–Trinajstić information content (AvgIpc) is 3.34. The number of fused-ring (bicyclic) bond motifs is 1. The van der Waals surface area contributed by atoms with Crippen LogP contribution in [0.2, 0.25) is 0 Å². The van der Waals surface area contributed by atoms with E-state index in [1.807, 2.05) is 30.3 Å². The number of H-pyrrole nitrogens is 1. The zero-order valence-corrected chi connectivity index (χ0v) is 20.0. The lowest BCUT2D eigenvalue weighted by molar-refractivity contribution is -0.121. The molecule has 10 nitrogen and oxygen atoms in total. The molecular weight excluding hydrogens is 464 g/mol. The first kappa shape index (κ1) is 23.7. The second-order valence-electron chi connectivity index (χ2n) is 8.89. The van der Waals surface area contributed by atoms with Gasteiger partial charge in [-0.05, 0) is 54.7 Å². The van der Waals surface area contributed by atoms with Gasteiger partial charge in [-0.25, -0.2) is 0 Å². The van der Waals surface area contributed by atoms with Crippen molar-refractivity contribution < 1.29 is 23.7 Å². The lowest BCUT2D eigenvalue weighted by Crippen LogP contribution is -2.25. The molecule has 1 aromatic heterocycles. The number of hydrogen-bond donors (Lipinski definition) is 2. The monoisotopic (exact) mass is 492 g/mol. The number of nitrogens with one attached hydrogen (secondary N) is 2. The molecule has 36 heavy (non-hydrogen) atoms. The molecular formula is C26H28N4O6. The molecule has 1 fully saturated rings. The van der Waals surface area contributed by atoms with Crippen LogP contribution in [0, 0.1) is 5.92 Å². The molecule has 3 aromatic rings. The Kier molecular flexibility index (Phi) is 7.01. The van der Waals surface area contributed by atoms with E-state index in [2.05, 4.69) is 20.5 Å². The predicted octanol–water partition coefficient (Wildman–Crippen LogP) is 3.00. The molecule has 0 saturated heterocycles. The van der Waals surface area contributed by atoms with Crippen molar-refractivity contribution in [3.63, 3.8) is 0 Å². The van der Waals surface area contributed by atoms with Gasteiger partial charge in [0.2, 0.25) is 12.7 Å². The van der Waals surface area contributed by atoms with Crippen LogP contribution in [0.15, 0.2) is 41.2 Å². The number of rotatable bonds is 10. The Balaban J connectivity index is 1.16.